The summed E-state index contributed by atoms with van der Waals surface area (Å²) in [6.45, 7) is 14.1. The van der Waals surface area contributed by atoms with Crippen molar-refractivity contribution in [2.45, 2.75) is 53.4 Å². The molecular weight excluding hydrogens is 237 g/mol. The van der Waals surface area contributed by atoms with Crippen LogP contribution in [-0.2, 0) is 13.6 Å². The van der Waals surface area contributed by atoms with Gasteiger partial charge in [-0.2, -0.15) is 0 Å². The zero-order valence-corrected chi connectivity index (χ0v) is 12.8. The average Bonchev–Trinajstić information content (AvgIpc) is 2.95. The molecule has 0 aliphatic carbocycles. The Balaban J connectivity index is 2.67. The van der Waals surface area contributed by atoms with Crippen LogP contribution in [0.25, 0.3) is 0 Å². The van der Waals surface area contributed by atoms with Crippen LogP contribution < -0.4 is 0 Å². The first-order valence-electron chi connectivity index (χ1n) is 6.40. The minimum Gasteiger partial charge on any atom is -0.308 e. The molecule has 0 aromatic heterocycles. The first kappa shape index (κ1) is 15.2. The minimum absolute atomic E-state index is 0.0448. The fourth-order valence-electron chi connectivity index (χ4n) is 1.91. The molecule has 1 aliphatic heterocycles. The van der Waals surface area contributed by atoms with Gasteiger partial charge in [-0.15, -0.1) is 0 Å². The maximum absolute atomic E-state index is 12.5. The van der Waals surface area contributed by atoms with Crippen LogP contribution in [-0.4, -0.2) is 36.5 Å². The summed E-state index contributed by atoms with van der Waals surface area (Å²) >= 11 is 0. The van der Waals surface area contributed by atoms with E-state index in [1.165, 1.54) is 0 Å². The van der Waals surface area contributed by atoms with Crippen LogP contribution in [0.15, 0.2) is 0 Å². The van der Waals surface area contributed by atoms with E-state index in [1.54, 1.807) is 0 Å². The van der Waals surface area contributed by atoms with Crippen LogP contribution >= 0.6 is 7.60 Å². The topological polar surface area (TPSA) is 38.5 Å². The molecule has 1 rings (SSSR count). The molecule has 0 bridgehead atoms. The molecule has 1 unspecified atom stereocenters. The summed E-state index contributed by atoms with van der Waals surface area (Å²) in [5.41, 5.74) is 0.179. The highest BCUT2D eigenvalue weighted by atomic mass is 31.2. The van der Waals surface area contributed by atoms with Crippen molar-refractivity contribution in [1.29, 1.82) is 0 Å². The van der Waals surface area contributed by atoms with Gasteiger partial charge < -0.3 is 9.05 Å². The summed E-state index contributed by atoms with van der Waals surface area (Å²) in [4.78, 5) is 2.21. The van der Waals surface area contributed by atoms with E-state index in [4.69, 9.17) is 9.05 Å². The standard InChI is InChI=1S/C12H26NO3P/c1-7-15-17(14,16-8-2)11-9-13(11)10(3)12(4,5)6/h10-11H,7-9H2,1-6H3/t10-,11+,13?/m1/s1. The average molecular weight is 263 g/mol. The molecule has 102 valence electrons. The van der Waals surface area contributed by atoms with Gasteiger partial charge in [-0.1, -0.05) is 20.8 Å². The predicted molar refractivity (Wildman–Crippen MR) is 70.3 cm³/mol. The van der Waals surface area contributed by atoms with Crippen molar-refractivity contribution >= 4 is 7.60 Å². The smallest absolute Gasteiger partial charge is 0.308 e. The minimum atomic E-state index is -2.93. The molecule has 5 heteroatoms. The normalized spacial score (nSPS) is 26.9. The third-order valence-electron chi connectivity index (χ3n) is 3.36. The van der Waals surface area contributed by atoms with Crippen LogP contribution in [0.1, 0.15) is 41.5 Å². The summed E-state index contributed by atoms with van der Waals surface area (Å²) in [5.74, 6) is -0.0448. The van der Waals surface area contributed by atoms with E-state index in [9.17, 15) is 4.57 Å². The van der Waals surface area contributed by atoms with Crippen molar-refractivity contribution in [2.75, 3.05) is 19.8 Å². The Morgan fingerprint density at radius 1 is 1.29 bits per heavy atom. The molecule has 1 heterocycles. The van der Waals surface area contributed by atoms with Crippen LogP contribution in [0.5, 0.6) is 0 Å². The lowest BCUT2D eigenvalue weighted by Crippen LogP contribution is -2.31. The van der Waals surface area contributed by atoms with Gasteiger partial charge in [0.25, 0.3) is 0 Å². The lowest BCUT2D eigenvalue weighted by Gasteiger charge is -2.29. The molecule has 0 radical (unpaired) electrons. The number of hydrogen-bond acceptors (Lipinski definition) is 4. The molecule has 3 atom stereocenters. The van der Waals surface area contributed by atoms with E-state index < -0.39 is 7.60 Å². The molecule has 0 aromatic carbocycles. The summed E-state index contributed by atoms with van der Waals surface area (Å²) in [7, 11) is -2.93. The van der Waals surface area contributed by atoms with Gasteiger partial charge in [0.1, 0.15) is 5.78 Å². The van der Waals surface area contributed by atoms with Gasteiger partial charge in [-0.3, -0.25) is 9.46 Å². The summed E-state index contributed by atoms with van der Waals surface area (Å²) < 4.78 is 23.3. The van der Waals surface area contributed by atoms with Gasteiger partial charge in [0.2, 0.25) is 0 Å². The zero-order valence-electron chi connectivity index (χ0n) is 11.9. The van der Waals surface area contributed by atoms with Gasteiger partial charge in [0, 0.05) is 12.6 Å². The van der Waals surface area contributed by atoms with Gasteiger partial charge in [0.05, 0.1) is 13.2 Å². The molecule has 1 aliphatic rings. The fourth-order valence-corrected chi connectivity index (χ4v) is 4.00. The molecule has 17 heavy (non-hydrogen) atoms. The zero-order chi connectivity index (χ0) is 13.3. The number of nitrogens with zero attached hydrogens (tertiary/aromatic N) is 1. The van der Waals surface area contributed by atoms with Crippen LogP contribution in [0.4, 0.5) is 0 Å². The molecule has 1 saturated heterocycles. The molecular formula is C12H26NO3P. The van der Waals surface area contributed by atoms with Gasteiger partial charge in [-0.25, -0.2) is 0 Å². The molecule has 1 fully saturated rings. The van der Waals surface area contributed by atoms with E-state index in [-0.39, 0.29) is 11.2 Å². The monoisotopic (exact) mass is 263 g/mol. The van der Waals surface area contributed by atoms with Crippen LogP contribution in [0.2, 0.25) is 0 Å². The van der Waals surface area contributed by atoms with Crippen molar-refractivity contribution in [3.05, 3.63) is 0 Å². The van der Waals surface area contributed by atoms with Crippen molar-refractivity contribution < 1.29 is 13.6 Å². The van der Waals surface area contributed by atoms with Crippen molar-refractivity contribution in [3.8, 4) is 0 Å². The van der Waals surface area contributed by atoms with Crippen molar-refractivity contribution in [2.24, 2.45) is 5.41 Å². The molecule has 0 aromatic rings. The summed E-state index contributed by atoms with van der Waals surface area (Å²) in [6.07, 6.45) is 0. The second kappa shape index (κ2) is 5.40. The largest absolute Gasteiger partial charge is 0.348 e. The first-order valence-corrected chi connectivity index (χ1v) is 8.02. The van der Waals surface area contributed by atoms with Crippen LogP contribution in [0.3, 0.4) is 0 Å². The van der Waals surface area contributed by atoms with Crippen LogP contribution in [0, 0.1) is 5.41 Å². The number of hydrogen-bond donors (Lipinski definition) is 0. The van der Waals surface area contributed by atoms with E-state index in [0.717, 1.165) is 6.54 Å². The lowest BCUT2D eigenvalue weighted by atomic mass is 9.88. The second-order valence-corrected chi connectivity index (χ2v) is 7.79. The van der Waals surface area contributed by atoms with Gasteiger partial charge >= 0.3 is 7.60 Å². The fraction of sp³-hybridized carbons (Fsp3) is 1.00. The molecule has 4 nitrogen and oxygen atoms in total. The Bertz CT molecular complexity index is 291. The highest BCUT2D eigenvalue weighted by molar-refractivity contribution is 7.55. The summed E-state index contributed by atoms with van der Waals surface area (Å²) in [6, 6.07) is 0.377. The quantitative estimate of drug-likeness (QED) is 0.544. The van der Waals surface area contributed by atoms with E-state index >= 15 is 0 Å². The SMILES string of the molecule is CCOP(=O)(OCC)[C@H]1CN1[C@H](C)C(C)(C)C. The van der Waals surface area contributed by atoms with E-state index in [0.29, 0.717) is 19.3 Å². The van der Waals surface area contributed by atoms with Crippen molar-refractivity contribution in [1.82, 2.24) is 4.90 Å². The maximum atomic E-state index is 12.5. The third kappa shape index (κ3) is 3.54. The Labute approximate surface area is 105 Å². The highest BCUT2D eigenvalue weighted by Gasteiger charge is 2.54. The second-order valence-electron chi connectivity index (χ2n) is 5.59. The Morgan fingerprint density at radius 2 is 1.76 bits per heavy atom. The van der Waals surface area contributed by atoms with Gasteiger partial charge in [-0.05, 0) is 26.2 Å². The molecule has 0 N–H and O–H groups in total. The number of rotatable bonds is 6. The molecule has 0 spiro atoms. The van der Waals surface area contributed by atoms with Gasteiger partial charge in [0.15, 0.2) is 0 Å². The Morgan fingerprint density at radius 3 is 2.12 bits per heavy atom. The Kier molecular flexibility index (Phi) is 4.81. The van der Waals surface area contributed by atoms with E-state index in [2.05, 4.69) is 32.6 Å². The van der Waals surface area contributed by atoms with Crippen molar-refractivity contribution in [3.63, 3.8) is 0 Å². The summed E-state index contributed by atoms with van der Waals surface area (Å²) in [5, 5.41) is 0. The highest BCUT2D eigenvalue weighted by Crippen LogP contribution is 2.60. The maximum Gasteiger partial charge on any atom is 0.348 e. The Hall–Kier alpha value is 0.110. The van der Waals surface area contributed by atoms with E-state index in [1.807, 2.05) is 13.8 Å². The lowest BCUT2D eigenvalue weighted by molar-refractivity contribution is 0.191. The third-order valence-corrected chi connectivity index (χ3v) is 5.78. The molecule has 0 saturated carbocycles. The molecule has 0 amide bonds. The predicted octanol–water partition coefficient (Wildman–Crippen LogP) is 3.33. The first-order chi connectivity index (χ1) is 7.76.